The highest BCUT2D eigenvalue weighted by Gasteiger charge is 2.20. The molecule has 2 aromatic carbocycles. The third-order valence-electron chi connectivity index (χ3n) is 4.29. The highest BCUT2D eigenvalue weighted by atomic mass is 32.2. The number of nitrogens with two attached hydrogens (primary N) is 1. The Bertz CT molecular complexity index is 977. The van der Waals surface area contributed by atoms with Gasteiger partial charge in [-0.1, -0.05) is 30.3 Å². The summed E-state index contributed by atoms with van der Waals surface area (Å²) in [4.78, 5) is 24.6. The number of sulfonamides is 1. The van der Waals surface area contributed by atoms with E-state index in [1.165, 1.54) is 12.1 Å². The lowest BCUT2D eigenvalue weighted by atomic mass is 10.1. The Morgan fingerprint density at radius 1 is 1.21 bits per heavy atom. The molecule has 9 nitrogen and oxygen atoms in total. The van der Waals surface area contributed by atoms with Gasteiger partial charge in [-0.2, -0.15) is 0 Å². The van der Waals surface area contributed by atoms with Crippen molar-refractivity contribution in [3.05, 3.63) is 64.2 Å². The summed E-state index contributed by atoms with van der Waals surface area (Å²) >= 11 is 0. The summed E-state index contributed by atoms with van der Waals surface area (Å²) in [5, 5.41) is 19.1. The van der Waals surface area contributed by atoms with Crippen molar-refractivity contribution >= 4 is 27.3 Å². The van der Waals surface area contributed by atoms with Crippen molar-refractivity contribution in [2.75, 3.05) is 11.9 Å². The fourth-order valence-electron chi connectivity index (χ4n) is 2.78. The van der Waals surface area contributed by atoms with Crippen LogP contribution in [0.4, 0.5) is 11.4 Å². The SMILES string of the molecule is CC(C)N(Cc1ccccc1)C(=O)CCNc1ccc(S(N)(=O)=O)cc1[N+](=O)[O-]. The number of amides is 1. The van der Waals surface area contributed by atoms with Crippen LogP contribution in [-0.4, -0.2) is 36.7 Å². The highest BCUT2D eigenvalue weighted by molar-refractivity contribution is 7.89. The standard InChI is InChI=1S/C19H24N4O5S/c1-14(2)22(13-15-6-4-3-5-7-15)19(24)10-11-21-17-9-8-16(29(20,27)28)12-18(17)23(25)26/h3-9,12,14,21H,10-11,13H2,1-2H3,(H2,20,27,28). The molecule has 0 fully saturated rings. The summed E-state index contributed by atoms with van der Waals surface area (Å²) < 4.78 is 22.8. The van der Waals surface area contributed by atoms with Crippen LogP contribution in [-0.2, 0) is 21.4 Å². The van der Waals surface area contributed by atoms with Gasteiger partial charge < -0.3 is 10.2 Å². The third kappa shape index (κ3) is 6.26. The number of hydrogen-bond acceptors (Lipinski definition) is 6. The van der Waals surface area contributed by atoms with Gasteiger partial charge in [0.1, 0.15) is 5.69 Å². The topological polar surface area (TPSA) is 136 Å². The number of primary sulfonamides is 1. The van der Waals surface area contributed by atoms with Gasteiger partial charge >= 0.3 is 0 Å². The van der Waals surface area contributed by atoms with E-state index in [2.05, 4.69) is 5.32 Å². The number of nitro groups is 1. The summed E-state index contributed by atoms with van der Waals surface area (Å²) in [6.45, 7) is 4.48. The van der Waals surface area contributed by atoms with Crippen LogP contribution in [0.3, 0.4) is 0 Å². The van der Waals surface area contributed by atoms with Gasteiger partial charge in [-0.25, -0.2) is 13.6 Å². The van der Waals surface area contributed by atoms with E-state index in [1.807, 2.05) is 44.2 Å². The number of anilines is 1. The minimum atomic E-state index is -4.05. The minimum Gasteiger partial charge on any atom is -0.379 e. The number of nitro benzene ring substituents is 1. The average Bonchev–Trinajstić information content (AvgIpc) is 2.65. The fraction of sp³-hybridized carbons (Fsp3) is 0.316. The molecule has 10 heteroatoms. The second kappa shape index (κ2) is 9.48. The normalized spacial score (nSPS) is 11.3. The lowest BCUT2D eigenvalue weighted by Crippen LogP contribution is -2.37. The van der Waals surface area contributed by atoms with Crippen LogP contribution < -0.4 is 10.5 Å². The van der Waals surface area contributed by atoms with E-state index in [-0.39, 0.29) is 35.5 Å². The van der Waals surface area contributed by atoms with E-state index < -0.39 is 20.6 Å². The number of benzene rings is 2. The molecule has 0 radical (unpaired) electrons. The van der Waals surface area contributed by atoms with Crippen molar-refractivity contribution in [3.8, 4) is 0 Å². The van der Waals surface area contributed by atoms with Crippen molar-refractivity contribution in [2.45, 2.75) is 37.8 Å². The molecule has 0 aliphatic rings. The molecule has 0 saturated carbocycles. The zero-order chi connectivity index (χ0) is 21.6. The maximum atomic E-state index is 12.6. The lowest BCUT2D eigenvalue weighted by Gasteiger charge is -2.27. The van der Waals surface area contributed by atoms with E-state index in [0.29, 0.717) is 6.54 Å². The van der Waals surface area contributed by atoms with E-state index in [1.54, 1.807) is 4.90 Å². The van der Waals surface area contributed by atoms with Gasteiger partial charge in [-0.3, -0.25) is 14.9 Å². The molecular formula is C19H24N4O5S. The first-order chi connectivity index (χ1) is 13.6. The Hall–Kier alpha value is -2.98. The van der Waals surface area contributed by atoms with Gasteiger partial charge in [0.05, 0.1) is 9.82 Å². The maximum Gasteiger partial charge on any atom is 0.293 e. The summed E-state index contributed by atoms with van der Waals surface area (Å²) in [6, 6.07) is 12.9. The first-order valence-corrected chi connectivity index (χ1v) is 10.5. The number of nitrogens with one attached hydrogen (secondary N) is 1. The molecule has 0 bridgehead atoms. The molecule has 0 atom stereocenters. The van der Waals surface area contributed by atoms with Crippen LogP contribution in [0.1, 0.15) is 25.8 Å². The Balaban J connectivity index is 2.05. The first kappa shape index (κ1) is 22.3. The highest BCUT2D eigenvalue weighted by Crippen LogP contribution is 2.27. The van der Waals surface area contributed by atoms with Crippen LogP contribution in [0.25, 0.3) is 0 Å². The Labute approximate surface area is 169 Å². The lowest BCUT2D eigenvalue weighted by molar-refractivity contribution is -0.384. The van der Waals surface area contributed by atoms with E-state index in [4.69, 9.17) is 5.14 Å². The van der Waals surface area contributed by atoms with Crippen LogP contribution in [0.2, 0.25) is 0 Å². The maximum absolute atomic E-state index is 12.6. The second-order valence-corrected chi connectivity index (χ2v) is 8.32. The van der Waals surface area contributed by atoms with Gasteiger partial charge in [0.2, 0.25) is 15.9 Å². The van der Waals surface area contributed by atoms with Gasteiger partial charge in [0.15, 0.2) is 0 Å². The largest absolute Gasteiger partial charge is 0.379 e. The monoisotopic (exact) mass is 420 g/mol. The molecule has 0 aromatic heterocycles. The van der Waals surface area contributed by atoms with E-state index >= 15 is 0 Å². The summed E-state index contributed by atoms with van der Waals surface area (Å²) in [5.74, 6) is -0.0971. The van der Waals surface area contributed by atoms with Crippen molar-refractivity contribution in [1.29, 1.82) is 0 Å². The molecular weight excluding hydrogens is 396 g/mol. The molecule has 1 amide bonds. The van der Waals surface area contributed by atoms with Crippen LogP contribution in [0.15, 0.2) is 53.4 Å². The molecule has 2 rings (SSSR count). The van der Waals surface area contributed by atoms with Gasteiger partial charge in [-0.05, 0) is 31.5 Å². The van der Waals surface area contributed by atoms with E-state index in [0.717, 1.165) is 11.6 Å². The minimum absolute atomic E-state index is 0.00825. The van der Waals surface area contributed by atoms with Crippen molar-refractivity contribution < 1.29 is 18.1 Å². The van der Waals surface area contributed by atoms with Crippen LogP contribution in [0, 0.1) is 10.1 Å². The Kier molecular flexibility index (Phi) is 7.29. The number of hydrogen-bond donors (Lipinski definition) is 2. The van der Waals surface area contributed by atoms with Crippen molar-refractivity contribution in [3.63, 3.8) is 0 Å². The van der Waals surface area contributed by atoms with E-state index in [9.17, 15) is 23.3 Å². The zero-order valence-corrected chi connectivity index (χ0v) is 17.1. The van der Waals surface area contributed by atoms with Gasteiger partial charge in [-0.15, -0.1) is 0 Å². The molecule has 3 N–H and O–H groups in total. The first-order valence-electron chi connectivity index (χ1n) is 8.98. The smallest absolute Gasteiger partial charge is 0.293 e. The Morgan fingerprint density at radius 2 is 1.86 bits per heavy atom. The van der Waals surface area contributed by atoms with Crippen LogP contribution in [0.5, 0.6) is 0 Å². The summed E-state index contributed by atoms with van der Waals surface area (Å²) in [5.41, 5.74) is 0.708. The molecule has 0 aliphatic heterocycles. The van der Waals surface area contributed by atoms with Crippen LogP contribution >= 0.6 is 0 Å². The van der Waals surface area contributed by atoms with Crippen molar-refractivity contribution in [1.82, 2.24) is 4.90 Å². The number of nitrogens with zero attached hydrogens (tertiary/aromatic N) is 2. The molecule has 0 heterocycles. The van der Waals surface area contributed by atoms with Gasteiger partial charge in [0, 0.05) is 31.6 Å². The fourth-order valence-corrected chi connectivity index (χ4v) is 3.31. The summed E-state index contributed by atoms with van der Waals surface area (Å²) in [7, 11) is -4.05. The second-order valence-electron chi connectivity index (χ2n) is 6.76. The number of rotatable bonds is 9. The molecule has 156 valence electrons. The molecule has 29 heavy (non-hydrogen) atoms. The average molecular weight is 420 g/mol. The molecule has 0 aliphatic carbocycles. The van der Waals surface area contributed by atoms with Crippen molar-refractivity contribution in [2.24, 2.45) is 5.14 Å². The zero-order valence-electron chi connectivity index (χ0n) is 16.2. The predicted molar refractivity (Wildman–Crippen MR) is 110 cm³/mol. The number of carbonyl (C=O) groups excluding carboxylic acids is 1. The third-order valence-corrected chi connectivity index (χ3v) is 5.20. The quantitative estimate of drug-likeness (QED) is 0.472. The number of carbonyl (C=O) groups is 1. The molecule has 0 saturated heterocycles. The predicted octanol–water partition coefficient (Wildman–Crippen LogP) is 2.48. The summed E-state index contributed by atoms with van der Waals surface area (Å²) in [6.07, 6.45) is 0.124. The molecule has 2 aromatic rings. The molecule has 0 spiro atoms. The van der Waals surface area contributed by atoms with Gasteiger partial charge in [0.25, 0.3) is 5.69 Å². The molecule has 0 unspecified atom stereocenters. The Morgan fingerprint density at radius 3 is 2.41 bits per heavy atom.